The maximum Gasteiger partial charge on any atom is 0.352 e. The van der Waals surface area contributed by atoms with Gasteiger partial charge in [0.15, 0.2) is 0 Å². The molecule has 3 rings (SSSR count). The second-order valence-corrected chi connectivity index (χ2v) is 6.91. The maximum atomic E-state index is 13.0. The number of amides is 1. The molecule has 0 radical (unpaired) electrons. The van der Waals surface area contributed by atoms with E-state index in [4.69, 9.17) is 27.9 Å². The number of halogens is 2. The van der Waals surface area contributed by atoms with Gasteiger partial charge in [-0.15, -0.1) is 5.10 Å². The number of benzene rings is 2. The third kappa shape index (κ3) is 4.49. The molecule has 1 heterocycles. The lowest BCUT2D eigenvalue weighted by atomic mass is 10.2. The van der Waals surface area contributed by atoms with Crippen molar-refractivity contribution in [2.24, 2.45) is 0 Å². The molecule has 1 N–H and O–H groups in total. The van der Waals surface area contributed by atoms with E-state index in [1.54, 1.807) is 36.4 Å². The molecule has 0 spiro atoms. The standard InChI is InChI=1S/C19H16Cl2N4O4/c1-11(26)22-14-4-3-5-15(9-14)25-19(28)24(18(27)17(23-25)29-2)10-12-6-7-13(20)8-16(12)21/h3-9H,10H2,1-2H3,(H,22,26). The Kier molecular flexibility index (Phi) is 6.05. The number of nitrogens with zero attached hydrogens (tertiary/aromatic N) is 3. The summed E-state index contributed by atoms with van der Waals surface area (Å²) in [6, 6.07) is 11.2. The summed E-state index contributed by atoms with van der Waals surface area (Å²) >= 11 is 12.1. The van der Waals surface area contributed by atoms with Gasteiger partial charge in [0, 0.05) is 22.7 Å². The van der Waals surface area contributed by atoms with Crippen LogP contribution in [0, 0.1) is 0 Å². The van der Waals surface area contributed by atoms with E-state index >= 15 is 0 Å². The van der Waals surface area contributed by atoms with Crippen LogP contribution in [-0.4, -0.2) is 27.4 Å². The quantitative estimate of drug-likeness (QED) is 0.665. The molecular formula is C19H16Cl2N4O4. The molecule has 1 amide bonds. The van der Waals surface area contributed by atoms with Gasteiger partial charge in [-0.05, 0) is 35.9 Å². The van der Waals surface area contributed by atoms with Crippen LogP contribution >= 0.6 is 23.2 Å². The monoisotopic (exact) mass is 434 g/mol. The molecule has 8 nitrogen and oxygen atoms in total. The minimum Gasteiger partial charge on any atom is -0.476 e. The van der Waals surface area contributed by atoms with Crippen LogP contribution in [-0.2, 0) is 11.3 Å². The summed E-state index contributed by atoms with van der Waals surface area (Å²) in [5.74, 6) is -0.526. The number of ether oxygens (including phenoxy) is 1. The SMILES string of the molecule is COc1nn(-c2cccc(NC(C)=O)c2)c(=O)n(Cc2ccc(Cl)cc2Cl)c1=O. The lowest BCUT2D eigenvalue weighted by molar-refractivity contribution is -0.114. The minimum atomic E-state index is -0.696. The minimum absolute atomic E-state index is 0.0993. The van der Waals surface area contributed by atoms with Gasteiger partial charge in [-0.25, -0.2) is 9.36 Å². The molecule has 0 saturated heterocycles. The van der Waals surface area contributed by atoms with Crippen LogP contribution in [0.5, 0.6) is 5.88 Å². The molecule has 10 heteroatoms. The number of anilines is 1. The number of nitrogens with one attached hydrogen (secondary N) is 1. The molecular weight excluding hydrogens is 419 g/mol. The number of hydrogen-bond donors (Lipinski definition) is 1. The first-order chi connectivity index (χ1) is 13.8. The molecule has 0 saturated carbocycles. The third-order valence-corrected chi connectivity index (χ3v) is 4.57. The molecule has 0 aliphatic heterocycles. The highest BCUT2D eigenvalue weighted by atomic mass is 35.5. The summed E-state index contributed by atoms with van der Waals surface area (Å²) in [4.78, 5) is 37.0. The second-order valence-electron chi connectivity index (χ2n) is 6.06. The summed E-state index contributed by atoms with van der Waals surface area (Å²) in [5, 5.41) is 7.39. The summed E-state index contributed by atoms with van der Waals surface area (Å²) in [6.45, 7) is 1.27. The fourth-order valence-corrected chi connectivity index (χ4v) is 3.14. The van der Waals surface area contributed by atoms with Gasteiger partial charge in [-0.3, -0.25) is 9.59 Å². The lowest BCUT2D eigenvalue weighted by Gasteiger charge is -2.13. The van der Waals surface area contributed by atoms with Crippen molar-refractivity contribution < 1.29 is 9.53 Å². The molecule has 3 aromatic rings. The number of methoxy groups -OCH3 is 1. The molecule has 2 aromatic carbocycles. The van der Waals surface area contributed by atoms with Crippen LogP contribution in [0.15, 0.2) is 52.1 Å². The van der Waals surface area contributed by atoms with Gasteiger partial charge >= 0.3 is 11.2 Å². The van der Waals surface area contributed by atoms with E-state index in [0.717, 1.165) is 9.25 Å². The number of aromatic nitrogens is 3. The van der Waals surface area contributed by atoms with Crippen molar-refractivity contribution in [3.8, 4) is 11.6 Å². The molecule has 0 aliphatic rings. The molecule has 0 bridgehead atoms. The largest absolute Gasteiger partial charge is 0.476 e. The Morgan fingerprint density at radius 1 is 1.17 bits per heavy atom. The van der Waals surface area contributed by atoms with Gasteiger partial charge in [0.1, 0.15) is 0 Å². The normalized spacial score (nSPS) is 10.6. The number of carbonyl (C=O) groups excluding carboxylic acids is 1. The molecule has 0 fully saturated rings. The van der Waals surface area contributed by atoms with Crippen molar-refractivity contribution in [2.75, 3.05) is 12.4 Å². The highest BCUT2D eigenvalue weighted by Gasteiger charge is 2.16. The molecule has 29 heavy (non-hydrogen) atoms. The number of carbonyl (C=O) groups is 1. The van der Waals surface area contributed by atoms with Gasteiger partial charge in [-0.2, -0.15) is 4.68 Å². The molecule has 1 aromatic heterocycles. The first-order valence-corrected chi connectivity index (χ1v) is 9.16. The number of hydrogen-bond acceptors (Lipinski definition) is 5. The topological polar surface area (TPSA) is 95.2 Å². The Morgan fingerprint density at radius 2 is 1.93 bits per heavy atom. The Morgan fingerprint density at radius 3 is 2.59 bits per heavy atom. The van der Waals surface area contributed by atoms with Crippen LogP contribution in [0.1, 0.15) is 12.5 Å². The van der Waals surface area contributed by atoms with Crippen LogP contribution < -0.4 is 21.3 Å². The van der Waals surface area contributed by atoms with E-state index in [0.29, 0.717) is 27.0 Å². The van der Waals surface area contributed by atoms with Crippen LogP contribution in [0.4, 0.5) is 5.69 Å². The molecule has 150 valence electrons. The van der Waals surface area contributed by atoms with E-state index in [1.165, 1.54) is 20.1 Å². The van der Waals surface area contributed by atoms with Gasteiger partial charge in [0.05, 0.1) is 19.3 Å². The summed E-state index contributed by atoms with van der Waals surface area (Å²) < 4.78 is 7.04. The van der Waals surface area contributed by atoms with Crippen molar-refractivity contribution in [1.29, 1.82) is 0 Å². The van der Waals surface area contributed by atoms with E-state index in [1.807, 2.05) is 0 Å². The van der Waals surface area contributed by atoms with Crippen molar-refractivity contribution in [1.82, 2.24) is 14.3 Å². The van der Waals surface area contributed by atoms with Crippen molar-refractivity contribution >= 4 is 34.8 Å². The Balaban J connectivity index is 2.15. The van der Waals surface area contributed by atoms with Gasteiger partial charge in [0.25, 0.3) is 5.88 Å². The molecule has 0 atom stereocenters. The van der Waals surface area contributed by atoms with Crippen LogP contribution in [0.25, 0.3) is 5.69 Å². The van der Waals surface area contributed by atoms with Crippen molar-refractivity contribution in [3.05, 3.63) is 78.9 Å². The van der Waals surface area contributed by atoms with Crippen LogP contribution in [0.3, 0.4) is 0 Å². The zero-order valence-corrected chi connectivity index (χ0v) is 17.0. The zero-order chi connectivity index (χ0) is 21.1. The fraction of sp³-hybridized carbons (Fsp3) is 0.158. The van der Waals surface area contributed by atoms with Crippen molar-refractivity contribution in [2.45, 2.75) is 13.5 Å². The third-order valence-electron chi connectivity index (χ3n) is 3.98. The summed E-state index contributed by atoms with van der Waals surface area (Å²) in [6.07, 6.45) is 0. The smallest absolute Gasteiger partial charge is 0.352 e. The zero-order valence-electron chi connectivity index (χ0n) is 15.5. The van der Waals surface area contributed by atoms with E-state index in [9.17, 15) is 14.4 Å². The first kappa shape index (κ1) is 20.6. The average molecular weight is 435 g/mol. The van der Waals surface area contributed by atoms with Crippen molar-refractivity contribution in [3.63, 3.8) is 0 Å². The maximum absolute atomic E-state index is 13.0. The summed E-state index contributed by atoms with van der Waals surface area (Å²) in [7, 11) is 1.28. The molecule has 0 unspecified atom stereocenters. The number of rotatable bonds is 5. The fourth-order valence-electron chi connectivity index (χ4n) is 2.67. The highest BCUT2D eigenvalue weighted by Crippen LogP contribution is 2.21. The van der Waals surface area contributed by atoms with Gasteiger partial charge in [0.2, 0.25) is 5.91 Å². The van der Waals surface area contributed by atoms with E-state index < -0.39 is 11.2 Å². The lowest BCUT2D eigenvalue weighted by Crippen LogP contribution is -2.41. The highest BCUT2D eigenvalue weighted by molar-refractivity contribution is 6.35. The molecule has 0 aliphatic carbocycles. The second kappa shape index (κ2) is 8.50. The Bertz CT molecular complexity index is 1200. The van der Waals surface area contributed by atoms with Gasteiger partial charge < -0.3 is 10.1 Å². The van der Waals surface area contributed by atoms with E-state index in [2.05, 4.69) is 10.4 Å². The van der Waals surface area contributed by atoms with Gasteiger partial charge in [-0.1, -0.05) is 35.3 Å². The predicted molar refractivity (Wildman–Crippen MR) is 111 cm³/mol. The Labute approximate surface area is 175 Å². The van der Waals surface area contributed by atoms with Crippen LogP contribution in [0.2, 0.25) is 10.0 Å². The predicted octanol–water partition coefficient (Wildman–Crippen LogP) is 2.72. The van der Waals surface area contributed by atoms with E-state index in [-0.39, 0.29) is 18.3 Å². The summed E-state index contributed by atoms with van der Waals surface area (Å²) in [5.41, 5.74) is -0.0432. The average Bonchev–Trinajstić information content (AvgIpc) is 2.66. The Hall–Kier alpha value is -3.10. The first-order valence-electron chi connectivity index (χ1n) is 8.40.